The maximum Gasteiger partial charge on any atom is 0.322 e. The molecule has 0 unspecified atom stereocenters. The summed E-state index contributed by atoms with van der Waals surface area (Å²) in [5.41, 5.74) is 0.511. The van der Waals surface area contributed by atoms with Crippen LogP contribution in [0.25, 0.3) is 0 Å². The Morgan fingerprint density at radius 2 is 2.12 bits per heavy atom. The highest BCUT2D eigenvalue weighted by atomic mass is 35.5. The largest absolute Gasteiger partial charge is 0.322 e. The van der Waals surface area contributed by atoms with Gasteiger partial charge in [0, 0.05) is 22.0 Å². The zero-order valence-electron chi connectivity index (χ0n) is 13.5. The van der Waals surface area contributed by atoms with Gasteiger partial charge in [-0.15, -0.1) is 11.3 Å². The van der Waals surface area contributed by atoms with E-state index in [1.807, 2.05) is 4.90 Å². The molecule has 1 aromatic carbocycles. The van der Waals surface area contributed by atoms with E-state index in [2.05, 4.69) is 24.4 Å². The van der Waals surface area contributed by atoms with E-state index < -0.39 is 5.82 Å². The van der Waals surface area contributed by atoms with E-state index in [1.54, 1.807) is 11.3 Å². The van der Waals surface area contributed by atoms with Crippen molar-refractivity contribution in [2.75, 3.05) is 11.9 Å². The molecule has 24 heavy (non-hydrogen) atoms. The van der Waals surface area contributed by atoms with Gasteiger partial charge in [-0.1, -0.05) is 24.4 Å². The molecule has 1 atom stereocenters. The van der Waals surface area contributed by atoms with Gasteiger partial charge in [0.25, 0.3) is 0 Å². The molecule has 3 rings (SSSR count). The molecule has 1 N–H and O–H groups in total. The van der Waals surface area contributed by atoms with Crippen molar-refractivity contribution in [3.63, 3.8) is 0 Å². The van der Waals surface area contributed by atoms with Crippen LogP contribution in [-0.2, 0) is 0 Å². The second kappa shape index (κ2) is 7.53. The number of carbonyl (C=O) groups is 1. The molecule has 2 heterocycles. The number of likely N-dealkylation sites (tertiary alicyclic amines) is 1. The average Bonchev–Trinajstić information content (AvgIpc) is 2.83. The molecule has 1 aliphatic rings. The molecule has 128 valence electrons. The minimum absolute atomic E-state index is 0.00842. The number of urea groups is 1. The van der Waals surface area contributed by atoms with Gasteiger partial charge < -0.3 is 10.2 Å². The molecule has 0 saturated carbocycles. The van der Waals surface area contributed by atoms with Crippen LogP contribution < -0.4 is 5.32 Å². The Morgan fingerprint density at radius 1 is 1.29 bits per heavy atom. The summed E-state index contributed by atoms with van der Waals surface area (Å²) in [6.45, 7) is 2.80. The summed E-state index contributed by atoms with van der Waals surface area (Å²) >= 11 is 7.54. The van der Waals surface area contributed by atoms with Crippen molar-refractivity contribution in [3.8, 4) is 0 Å². The Morgan fingerprint density at radius 3 is 2.83 bits per heavy atom. The Hall–Kier alpha value is -1.59. The van der Waals surface area contributed by atoms with Crippen molar-refractivity contribution in [2.45, 2.75) is 38.6 Å². The summed E-state index contributed by atoms with van der Waals surface area (Å²) in [7, 11) is 0. The Kier molecular flexibility index (Phi) is 5.41. The Balaban J connectivity index is 1.80. The van der Waals surface area contributed by atoms with Crippen LogP contribution >= 0.6 is 22.9 Å². The number of rotatable bonds is 2. The maximum atomic E-state index is 13.3. The molecule has 0 spiro atoms. The smallest absolute Gasteiger partial charge is 0.317 e. The maximum absolute atomic E-state index is 13.3. The van der Waals surface area contributed by atoms with E-state index in [0.29, 0.717) is 5.69 Å². The predicted octanol–water partition coefficient (Wildman–Crippen LogP) is 6.00. The lowest BCUT2D eigenvalue weighted by molar-refractivity contribution is 0.190. The van der Waals surface area contributed by atoms with Crippen molar-refractivity contribution >= 4 is 34.7 Å². The molecule has 2 aromatic rings. The topological polar surface area (TPSA) is 32.3 Å². The number of anilines is 1. The number of benzene rings is 1. The van der Waals surface area contributed by atoms with Crippen molar-refractivity contribution < 1.29 is 9.18 Å². The minimum atomic E-state index is -0.489. The number of amides is 2. The van der Waals surface area contributed by atoms with Gasteiger partial charge in [0.2, 0.25) is 0 Å². The van der Waals surface area contributed by atoms with Crippen molar-refractivity contribution in [2.24, 2.45) is 0 Å². The van der Waals surface area contributed by atoms with Gasteiger partial charge in [0.05, 0.1) is 11.1 Å². The van der Waals surface area contributed by atoms with E-state index in [9.17, 15) is 9.18 Å². The van der Waals surface area contributed by atoms with E-state index in [4.69, 9.17) is 11.6 Å². The summed E-state index contributed by atoms with van der Waals surface area (Å²) < 4.78 is 13.3. The monoisotopic (exact) mass is 366 g/mol. The highest BCUT2D eigenvalue weighted by Crippen LogP contribution is 2.34. The van der Waals surface area contributed by atoms with Crippen molar-refractivity contribution in [3.05, 3.63) is 50.9 Å². The van der Waals surface area contributed by atoms with E-state index in [0.717, 1.165) is 32.2 Å². The molecule has 1 aliphatic heterocycles. The van der Waals surface area contributed by atoms with E-state index in [-0.39, 0.29) is 17.1 Å². The summed E-state index contributed by atoms with van der Waals surface area (Å²) in [5, 5.41) is 2.86. The van der Waals surface area contributed by atoms with Gasteiger partial charge in [-0.05, 0) is 50.1 Å². The molecule has 1 fully saturated rings. The van der Waals surface area contributed by atoms with Gasteiger partial charge in [-0.3, -0.25) is 0 Å². The summed E-state index contributed by atoms with van der Waals surface area (Å²) in [4.78, 5) is 17.2. The number of carbonyl (C=O) groups excluding carboxylic acids is 1. The summed E-state index contributed by atoms with van der Waals surface area (Å²) in [5.74, 6) is -0.489. The number of thiophene rings is 1. The molecule has 2 amide bonds. The Bertz CT molecular complexity index is 734. The molecule has 0 bridgehead atoms. The summed E-state index contributed by atoms with van der Waals surface area (Å²) in [6, 6.07) is 8.39. The number of hydrogen-bond donors (Lipinski definition) is 1. The first-order chi connectivity index (χ1) is 11.5. The number of halogens is 2. The summed E-state index contributed by atoms with van der Waals surface area (Å²) in [6.07, 6.45) is 4.22. The third-order valence-electron chi connectivity index (χ3n) is 4.27. The molecule has 1 saturated heterocycles. The fourth-order valence-corrected chi connectivity index (χ4v) is 4.25. The molecule has 3 nitrogen and oxygen atoms in total. The molecule has 6 heteroatoms. The Labute approximate surface area is 150 Å². The SMILES string of the molecule is Cc1ccc([C@@H]2CCCCCN2C(=O)Nc2ccc(F)c(Cl)c2)s1. The van der Waals surface area contributed by atoms with Crippen LogP contribution in [0.3, 0.4) is 0 Å². The highest BCUT2D eigenvalue weighted by Gasteiger charge is 2.27. The van der Waals surface area contributed by atoms with Crippen LogP contribution in [0.2, 0.25) is 5.02 Å². The third-order valence-corrected chi connectivity index (χ3v) is 5.67. The standard InChI is InChI=1S/C18H20ClFN2OS/c1-12-6-9-17(24-12)16-5-3-2-4-10-22(16)18(23)21-13-7-8-15(20)14(19)11-13/h6-9,11,16H,2-5,10H2,1H3,(H,21,23)/t16-/m0/s1. The molecule has 1 aromatic heterocycles. The molecule has 0 radical (unpaired) electrons. The lowest BCUT2D eigenvalue weighted by Crippen LogP contribution is -2.37. The lowest BCUT2D eigenvalue weighted by Gasteiger charge is -2.29. The number of hydrogen-bond acceptors (Lipinski definition) is 2. The predicted molar refractivity (Wildman–Crippen MR) is 97.4 cm³/mol. The van der Waals surface area contributed by atoms with Gasteiger partial charge in [0.15, 0.2) is 0 Å². The van der Waals surface area contributed by atoms with Gasteiger partial charge in [-0.2, -0.15) is 0 Å². The molecular weight excluding hydrogens is 347 g/mol. The van der Waals surface area contributed by atoms with Gasteiger partial charge in [0.1, 0.15) is 5.82 Å². The first-order valence-electron chi connectivity index (χ1n) is 8.13. The van der Waals surface area contributed by atoms with Crippen LogP contribution in [-0.4, -0.2) is 17.5 Å². The fraction of sp³-hybridized carbons (Fsp3) is 0.389. The number of aryl methyl sites for hydroxylation is 1. The normalized spacial score (nSPS) is 18.3. The van der Waals surface area contributed by atoms with Gasteiger partial charge >= 0.3 is 6.03 Å². The first-order valence-corrected chi connectivity index (χ1v) is 9.33. The van der Waals surface area contributed by atoms with Crippen LogP contribution in [0.1, 0.15) is 41.5 Å². The second-order valence-electron chi connectivity index (χ2n) is 6.07. The van der Waals surface area contributed by atoms with Crippen LogP contribution in [0.4, 0.5) is 14.9 Å². The molecular formula is C18H20ClFN2OS. The minimum Gasteiger partial charge on any atom is -0.317 e. The van der Waals surface area contributed by atoms with Crippen molar-refractivity contribution in [1.82, 2.24) is 4.90 Å². The zero-order chi connectivity index (χ0) is 17.1. The zero-order valence-corrected chi connectivity index (χ0v) is 15.1. The van der Waals surface area contributed by atoms with E-state index >= 15 is 0 Å². The molecule has 0 aliphatic carbocycles. The lowest BCUT2D eigenvalue weighted by atomic mass is 10.1. The van der Waals surface area contributed by atoms with Crippen LogP contribution in [0.15, 0.2) is 30.3 Å². The first kappa shape index (κ1) is 17.2. The second-order valence-corrected chi connectivity index (χ2v) is 7.79. The van der Waals surface area contributed by atoms with Crippen LogP contribution in [0, 0.1) is 12.7 Å². The van der Waals surface area contributed by atoms with Crippen molar-refractivity contribution in [1.29, 1.82) is 0 Å². The third kappa shape index (κ3) is 3.90. The number of nitrogens with one attached hydrogen (secondary N) is 1. The highest BCUT2D eigenvalue weighted by molar-refractivity contribution is 7.12. The average molecular weight is 367 g/mol. The van der Waals surface area contributed by atoms with Gasteiger partial charge in [-0.25, -0.2) is 9.18 Å². The van der Waals surface area contributed by atoms with Crippen LogP contribution in [0.5, 0.6) is 0 Å². The quantitative estimate of drug-likeness (QED) is 0.694. The van der Waals surface area contributed by atoms with E-state index in [1.165, 1.54) is 28.0 Å². The fourth-order valence-electron chi connectivity index (χ4n) is 3.05. The number of nitrogens with zero attached hydrogens (tertiary/aromatic N) is 1.